The van der Waals surface area contributed by atoms with Crippen molar-refractivity contribution in [2.24, 2.45) is 5.92 Å². The Kier molecular flexibility index (Phi) is 4.45. The van der Waals surface area contributed by atoms with Gasteiger partial charge < -0.3 is 5.32 Å². The fourth-order valence-electron chi connectivity index (χ4n) is 2.77. The number of pyridine rings is 1. The van der Waals surface area contributed by atoms with E-state index in [4.69, 9.17) is 0 Å². The first-order valence-corrected chi connectivity index (χ1v) is 6.71. The molecule has 0 saturated heterocycles. The molecule has 0 spiro atoms. The molecule has 1 aliphatic rings. The van der Waals surface area contributed by atoms with Crippen LogP contribution in [0, 0.1) is 5.92 Å². The van der Waals surface area contributed by atoms with Gasteiger partial charge in [0.1, 0.15) is 0 Å². The van der Waals surface area contributed by atoms with E-state index in [0.29, 0.717) is 12.8 Å². The summed E-state index contributed by atoms with van der Waals surface area (Å²) in [5, 5.41) is 3.13. The SMILES string of the molecule is C[C@@H](NC1CCCCC1C(F)(F)F)c1cccnc1. The second kappa shape index (κ2) is 5.90. The van der Waals surface area contributed by atoms with E-state index in [2.05, 4.69) is 10.3 Å². The van der Waals surface area contributed by atoms with E-state index in [1.807, 2.05) is 13.0 Å². The summed E-state index contributed by atoms with van der Waals surface area (Å²) in [6.45, 7) is 1.89. The van der Waals surface area contributed by atoms with Crippen molar-refractivity contribution in [1.29, 1.82) is 0 Å². The first-order chi connectivity index (χ1) is 8.98. The Morgan fingerprint density at radius 1 is 1.32 bits per heavy atom. The Hall–Kier alpha value is -1.10. The second-order valence-electron chi connectivity index (χ2n) is 5.21. The lowest BCUT2D eigenvalue weighted by Gasteiger charge is -2.35. The molecule has 0 radical (unpaired) electrons. The maximum atomic E-state index is 13.0. The van der Waals surface area contributed by atoms with Crippen LogP contribution in [0.3, 0.4) is 0 Å². The van der Waals surface area contributed by atoms with E-state index < -0.39 is 18.1 Å². The molecule has 2 rings (SSSR count). The molecule has 0 aromatic carbocycles. The molecule has 0 aliphatic heterocycles. The average Bonchev–Trinajstić information content (AvgIpc) is 2.39. The standard InChI is InChI=1S/C14H19F3N2/c1-10(11-5-4-8-18-9-11)19-13-7-3-2-6-12(13)14(15,16)17/h4-5,8-10,12-13,19H,2-3,6-7H2,1H3/t10-,12?,13?/m1/s1. The molecule has 2 unspecified atom stereocenters. The van der Waals surface area contributed by atoms with Gasteiger partial charge in [0.05, 0.1) is 5.92 Å². The maximum Gasteiger partial charge on any atom is 0.393 e. The summed E-state index contributed by atoms with van der Waals surface area (Å²) in [4.78, 5) is 4.00. The molecular formula is C14H19F3N2. The van der Waals surface area contributed by atoms with Gasteiger partial charge in [-0.15, -0.1) is 0 Å². The van der Waals surface area contributed by atoms with Crippen molar-refractivity contribution in [3.05, 3.63) is 30.1 Å². The van der Waals surface area contributed by atoms with E-state index in [1.165, 1.54) is 0 Å². The van der Waals surface area contributed by atoms with Crippen molar-refractivity contribution in [1.82, 2.24) is 10.3 Å². The topological polar surface area (TPSA) is 24.9 Å². The Morgan fingerprint density at radius 2 is 2.05 bits per heavy atom. The molecule has 1 saturated carbocycles. The zero-order valence-electron chi connectivity index (χ0n) is 11.0. The van der Waals surface area contributed by atoms with Crippen molar-refractivity contribution in [3.63, 3.8) is 0 Å². The summed E-state index contributed by atoms with van der Waals surface area (Å²) in [6.07, 6.45) is 1.62. The van der Waals surface area contributed by atoms with Crippen molar-refractivity contribution in [3.8, 4) is 0 Å². The Morgan fingerprint density at radius 3 is 2.68 bits per heavy atom. The van der Waals surface area contributed by atoms with Gasteiger partial charge in [-0.05, 0) is 31.4 Å². The lowest BCUT2D eigenvalue weighted by atomic mass is 9.83. The van der Waals surface area contributed by atoms with Gasteiger partial charge >= 0.3 is 6.18 Å². The predicted octanol–water partition coefficient (Wildman–Crippen LogP) is 3.85. The first-order valence-electron chi connectivity index (χ1n) is 6.71. The van der Waals surface area contributed by atoms with Crippen LogP contribution in [0.25, 0.3) is 0 Å². The van der Waals surface area contributed by atoms with Crippen molar-refractivity contribution < 1.29 is 13.2 Å². The number of nitrogens with one attached hydrogen (secondary N) is 1. The van der Waals surface area contributed by atoms with Crippen molar-refractivity contribution >= 4 is 0 Å². The van der Waals surface area contributed by atoms with Gasteiger partial charge in [0.25, 0.3) is 0 Å². The van der Waals surface area contributed by atoms with Crippen LogP contribution in [0.5, 0.6) is 0 Å². The molecule has 1 aromatic heterocycles. The number of nitrogens with zero attached hydrogens (tertiary/aromatic N) is 1. The molecule has 0 amide bonds. The van der Waals surface area contributed by atoms with E-state index in [-0.39, 0.29) is 12.5 Å². The van der Waals surface area contributed by atoms with Crippen LogP contribution in [-0.2, 0) is 0 Å². The Balaban J connectivity index is 2.04. The minimum atomic E-state index is -4.10. The van der Waals surface area contributed by atoms with Crippen LogP contribution in [-0.4, -0.2) is 17.2 Å². The molecule has 0 bridgehead atoms. The summed E-state index contributed by atoms with van der Waals surface area (Å²) >= 11 is 0. The van der Waals surface area contributed by atoms with Gasteiger partial charge in [-0.2, -0.15) is 13.2 Å². The van der Waals surface area contributed by atoms with Crippen LogP contribution < -0.4 is 5.32 Å². The highest BCUT2D eigenvalue weighted by atomic mass is 19.4. The molecule has 2 nitrogen and oxygen atoms in total. The quantitative estimate of drug-likeness (QED) is 0.904. The van der Waals surface area contributed by atoms with Gasteiger partial charge in [-0.3, -0.25) is 4.98 Å². The fourth-order valence-corrected chi connectivity index (χ4v) is 2.77. The lowest BCUT2D eigenvalue weighted by Crippen LogP contribution is -2.46. The largest absolute Gasteiger partial charge is 0.393 e. The second-order valence-corrected chi connectivity index (χ2v) is 5.21. The number of halogens is 3. The summed E-state index contributed by atoms with van der Waals surface area (Å²) in [5.74, 6) is -1.22. The van der Waals surface area contributed by atoms with Gasteiger partial charge in [0.2, 0.25) is 0 Å². The number of aromatic nitrogens is 1. The fraction of sp³-hybridized carbons (Fsp3) is 0.643. The molecule has 5 heteroatoms. The Bertz CT molecular complexity index is 391. The number of rotatable bonds is 3. The molecule has 1 aromatic rings. The summed E-state index contributed by atoms with van der Waals surface area (Å²) < 4.78 is 39.0. The van der Waals surface area contributed by atoms with E-state index >= 15 is 0 Å². The van der Waals surface area contributed by atoms with Crippen molar-refractivity contribution in [2.45, 2.75) is 50.9 Å². The number of hydrogen-bond donors (Lipinski definition) is 1. The smallest absolute Gasteiger partial charge is 0.307 e. The van der Waals surface area contributed by atoms with Crippen molar-refractivity contribution in [2.75, 3.05) is 0 Å². The molecule has 1 heterocycles. The summed E-state index contributed by atoms with van der Waals surface area (Å²) in [7, 11) is 0. The lowest BCUT2D eigenvalue weighted by molar-refractivity contribution is -0.189. The highest BCUT2D eigenvalue weighted by Crippen LogP contribution is 2.38. The van der Waals surface area contributed by atoms with Crippen LogP contribution in [0.15, 0.2) is 24.5 Å². The number of alkyl halides is 3. The molecular weight excluding hydrogens is 253 g/mol. The molecule has 1 aliphatic carbocycles. The van der Waals surface area contributed by atoms with E-state index in [1.54, 1.807) is 18.5 Å². The molecule has 3 atom stereocenters. The molecule has 106 valence electrons. The van der Waals surface area contributed by atoms with Gasteiger partial charge in [0.15, 0.2) is 0 Å². The summed E-state index contributed by atoms with van der Waals surface area (Å²) in [6, 6.07) is 3.09. The van der Waals surface area contributed by atoms with Crippen LogP contribution in [0.2, 0.25) is 0 Å². The third-order valence-corrected chi connectivity index (χ3v) is 3.83. The third kappa shape index (κ3) is 3.69. The first kappa shape index (κ1) is 14.3. The summed E-state index contributed by atoms with van der Waals surface area (Å²) in [5.41, 5.74) is 0.925. The van der Waals surface area contributed by atoms with Crippen LogP contribution in [0.1, 0.15) is 44.2 Å². The highest BCUT2D eigenvalue weighted by molar-refractivity contribution is 5.13. The van der Waals surface area contributed by atoms with Gasteiger partial charge in [0, 0.05) is 24.5 Å². The van der Waals surface area contributed by atoms with Crippen LogP contribution >= 0.6 is 0 Å². The Labute approximate surface area is 111 Å². The van der Waals surface area contributed by atoms with Gasteiger partial charge in [-0.1, -0.05) is 18.9 Å². The van der Waals surface area contributed by atoms with E-state index in [0.717, 1.165) is 12.0 Å². The predicted molar refractivity (Wildman–Crippen MR) is 67.6 cm³/mol. The maximum absolute atomic E-state index is 13.0. The normalized spacial score (nSPS) is 26.1. The van der Waals surface area contributed by atoms with E-state index in [9.17, 15) is 13.2 Å². The zero-order chi connectivity index (χ0) is 13.9. The molecule has 1 fully saturated rings. The van der Waals surface area contributed by atoms with Gasteiger partial charge in [-0.25, -0.2) is 0 Å². The minimum Gasteiger partial charge on any atom is -0.307 e. The minimum absolute atomic E-state index is 0.110. The third-order valence-electron chi connectivity index (χ3n) is 3.83. The molecule has 1 N–H and O–H groups in total. The van der Waals surface area contributed by atoms with Crippen LogP contribution in [0.4, 0.5) is 13.2 Å². The molecule has 19 heavy (non-hydrogen) atoms. The average molecular weight is 272 g/mol. The monoisotopic (exact) mass is 272 g/mol. The highest BCUT2D eigenvalue weighted by Gasteiger charge is 2.45. The number of hydrogen-bond acceptors (Lipinski definition) is 2. The zero-order valence-corrected chi connectivity index (χ0v) is 11.0.